The SMILES string of the molecule is CC(C)[C@H](N)C(=O)NCC(=O)NC(C(N)=O)c1ccccc1. The molecule has 7 nitrogen and oxygen atoms in total. The molecule has 1 unspecified atom stereocenters. The van der Waals surface area contributed by atoms with E-state index in [0.717, 1.165) is 0 Å². The minimum absolute atomic E-state index is 0.0363. The molecule has 0 heterocycles. The second-order valence-corrected chi connectivity index (χ2v) is 5.30. The van der Waals surface area contributed by atoms with Crippen LogP contribution in [0.25, 0.3) is 0 Å². The number of hydrogen-bond acceptors (Lipinski definition) is 4. The fraction of sp³-hybridized carbons (Fsp3) is 0.400. The van der Waals surface area contributed by atoms with Gasteiger partial charge in [0.1, 0.15) is 6.04 Å². The molecule has 1 aromatic carbocycles. The van der Waals surface area contributed by atoms with Crippen molar-refractivity contribution in [2.24, 2.45) is 17.4 Å². The van der Waals surface area contributed by atoms with Crippen LogP contribution in [0.5, 0.6) is 0 Å². The van der Waals surface area contributed by atoms with E-state index in [1.54, 1.807) is 30.3 Å². The first-order chi connectivity index (χ1) is 10.3. The summed E-state index contributed by atoms with van der Waals surface area (Å²) in [6, 6.07) is 7.00. The number of benzene rings is 1. The Hall–Kier alpha value is -2.41. The van der Waals surface area contributed by atoms with E-state index in [1.165, 1.54) is 0 Å². The number of amides is 3. The second kappa shape index (κ2) is 8.14. The molecular weight excluding hydrogens is 284 g/mol. The molecule has 0 bridgehead atoms. The van der Waals surface area contributed by atoms with E-state index in [0.29, 0.717) is 5.56 Å². The highest BCUT2D eigenvalue weighted by atomic mass is 16.2. The third kappa shape index (κ3) is 5.17. The highest BCUT2D eigenvalue weighted by Crippen LogP contribution is 2.11. The molecule has 0 aliphatic rings. The Labute approximate surface area is 129 Å². The van der Waals surface area contributed by atoms with Gasteiger partial charge in [-0.2, -0.15) is 0 Å². The summed E-state index contributed by atoms with van der Waals surface area (Å²) in [6.07, 6.45) is 0. The number of hydrogen-bond donors (Lipinski definition) is 4. The Morgan fingerprint density at radius 2 is 1.73 bits per heavy atom. The van der Waals surface area contributed by atoms with E-state index in [-0.39, 0.29) is 12.5 Å². The van der Waals surface area contributed by atoms with E-state index in [4.69, 9.17) is 11.5 Å². The fourth-order valence-electron chi connectivity index (χ4n) is 1.76. The van der Waals surface area contributed by atoms with Gasteiger partial charge in [-0.3, -0.25) is 14.4 Å². The van der Waals surface area contributed by atoms with Crippen LogP contribution in [0.15, 0.2) is 30.3 Å². The van der Waals surface area contributed by atoms with Crippen LogP contribution < -0.4 is 22.1 Å². The topological polar surface area (TPSA) is 127 Å². The summed E-state index contributed by atoms with van der Waals surface area (Å²) >= 11 is 0. The minimum atomic E-state index is -0.940. The van der Waals surface area contributed by atoms with Crippen molar-refractivity contribution >= 4 is 17.7 Å². The number of nitrogens with one attached hydrogen (secondary N) is 2. The van der Waals surface area contributed by atoms with E-state index in [1.807, 2.05) is 13.8 Å². The molecule has 7 heteroatoms. The van der Waals surface area contributed by atoms with Crippen molar-refractivity contribution in [1.29, 1.82) is 0 Å². The van der Waals surface area contributed by atoms with Crippen LogP contribution in [0.1, 0.15) is 25.5 Å². The Morgan fingerprint density at radius 3 is 2.23 bits per heavy atom. The zero-order chi connectivity index (χ0) is 16.7. The molecule has 0 aromatic heterocycles. The number of carbonyl (C=O) groups excluding carboxylic acids is 3. The van der Waals surface area contributed by atoms with Gasteiger partial charge < -0.3 is 22.1 Å². The van der Waals surface area contributed by atoms with Crippen molar-refractivity contribution < 1.29 is 14.4 Å². The molecule has 0 fully saturated rings. The Kier molecular flexibility index (Phi) is 6.52. The van der Waals surface area contributed by atoms with E-state index >= 15 is 0 Å². The molecule has 1 aromatic rings. The van der Waals surface area contributed by atoms with Gasteiger partial charge in [0.05, 0.1) is 12.6 Å². The molecule has 0 radical (unpaired) electrons. The van der Waals surface area contributed by atoms with E-state index in [2.05, 4.69) is 10.6 Å². The lowest BCUT2D eigenvalue weighted by Crippen LogP contribution is -2.48. The lowest BCUT2D eigenvalue weighted by Gasteiger charge is -2.18. The normalized spacial score (nSPS) is 13.3. The Morgan fingerprint density at radius 1 is 1.14 bits per heavy atom. The summed E-state index contributed by atoms with van der Waals surface area (Å²) in [4.78, 5) is 35.0. The van der Waals surface area contributed by atoms with Gasteiger partial charge in [0.25, 0.3) is 0 Å². The molecule has 6 N–H and O–H groups in total. The van der Waals surface area contributed by atoms with Gasteiger partial charge in [-0.15, -0.1) is 0 Å². The van der Waals surface area contributed by atoms with E-state index in [9.17, 15) is 14.4 Å². The lowest BCUT2D eigenvalue weighted by molar-refractivity contribution is -0.129. The Bertz CT molecular complexity index is 531. The summed E-state index contributed by atoms with van der Waals surface area (Å²) < 4.78 is 0. The van der Waals surface area contributed by atoms with Crippen LogP contribution in [0.4, 0.5) is 0 Å². The van der Waals surface area contributed by atoms with Gasteiger partial charge in [-0.25, -0.2) is 0 Å². The van der Waals surface area contributed by atoms with Gasteiger partial charge in [-0.1, -0.05) is 44.2 Å². The third-order valence-corrected chi connectivity index (χ3v) is 3.17. The first-order valence-corrected chi connectivity index (χ1v) is 6.99. The first kappa shape index (κ1) is 17.6. The standard InChI is InChI=1S/C15H22N4O3/c1-9(2)12(16)15(22)18-8-11(20)19-13(14(17)21)10-6-4-3-5-7-10/h3-7,9,12-13H,8,16H2,1-2H3,(H2,17,21)(H,18,22)(H,19,20)/t12-,13?/m0/s1. The number of rotatable bonds is 7. The monoisotopic (exact) mass is 306 g/mol. The fourth-order valence-corrected chi connectivity index (χ4v) is 1.76. The summed E-state index contributed by atoms with van der Waals surface area (Å²) in [5.74, 6) is -1.65. The smallest absolute Gasteiger partial charge is 0.244 e. The van der Waals surface area contributed by atoms with Crippen LogP contribution in [-0.2, 0) is 14.4 Å². The average Bonchev–Trinajstić information content (AvgIpc) is 2.49. The predicted molar refractivity (Wildman–Crippen MR) is 82.3 cm³/mol. The largest absolute Gasteiger partial charge is 0.368 e. The molecule has 3 amide bonds. The molecule has 1 rings (SSSR count). The number of primary amides is 1. The van der Waals surface area contributed by atoms with Gasteiger partial charge >= 0.3 is 0 Å². The van der Waals surface area contributed by atoms with Gasteiger partial charge in [0, 0.05) is 0 Å². The molecule has 0 saturated heterocycles. The molecule has 0 aliphatic heterocycles. The maximum atomic E-state index is 11.9. The summed E-state index contributed by atoms with van der Waals surface area (Å²) in [5, 5.41) is 4.92. The van der Waals surface area contributed by atoms with Crippen LogP contribution in [0.2, 0.25) is 0 Å². The highest BCUT2D eigenvalue weighted by Gasteiger charge is 2.21. The van der Waals surface area contributed by atoms with Crippen LogP contribution in [0, 0.1) is 5.92 Å². The molecular formula is C15H22N4O3. The summed E-state index contributed by atoms with van der Waals surface area (Å²) in [7, 11) is 0. The molecule has 0 saturated carbocycles. The quantitative estimate of drug-likeness (QED) is 0.538. The zero-order valence-corrected chi connectivity index (χ0v) is 12.7. The maximum Gasteiger partial charge on any atom is 0.244 e. The van der Waals surface area contributed by atoms with Crippen LogP contribution >= 0.6 is 0 Å². The molecule has 22 heavy (non-hydrogen) atoms. The van der Waals surface area contributed by atoms with Crippen LogP contribution in [-0.4, -0.2) is 30.3 Å². The average molecular weight is 306 g/mol. The van der Waals surface area contributed by atoms with Gasteiger partial charge in [0.15, 0.2) is 0 Å². The summed E-state index contributed by atoms with van der Waals surface area (Å²) in [5.41, 5.74) is 11.5. The minimum Gasteiger partial charge on any atom is -0.368 e. The number of carbonyl (C=O) groups is 3. The van der Waals surface area contributed by atoms with Crippen molar-refractivity contribution in [1.82, 2.24) is 10.6 Å². The first-order valence-electron chi connectivity index (χ1n) is 6.99. The van der Waals surface area contributed by atoms with E-state index < -0.39 is 29.8 Å². The lowest BCUT2D eigenvalue weighted by atomic mass is 10.1. The Balaban J connectivity index is 2.59. The van der Waals surface area contributed by atoms with Crippen molar-refractivity contribution in [3.63, 3.8) is 0 Å². The van der Waals surface area contributed by atoms with Crippen molar-refractivity contribution in [3.05, 3.63) is 35.9 Å². The molecule has 0 spiro atoms. The maximum absolute atomic E-state index is 11.9. The van der Waals surface area contributed by atoms with Crippen molar-refractivity contribution in [2.75, 3.05) is 6.54 Å². The third-order valence-electron chi connectivity index (χ3n) is 3.17. The van der Waals surface area contributed by atoms with Crippen molar-refractivity contribution in [2.45, 2.75) is 25.9 Å². The molecule has 2 atom stereocenters. The predicted octanol–water partition coefficient (Wildman–Crippen LogP) is -0.571. The summed E-state index contributed by atoms with van der Waals surface area (Å²) in [6.45, 7) is 3.35. The molecule has 120 valence electrons. The molecule has 0 aliphatic carbocycles. The highest BCUT2D eigenvalue weighted by molar-refractivity contribution is 5.91. The zero-order valence-electron chi connectivity index (χ0n) is 12.7. The van der Waals surface area contributed by atoms with Gasteiger partial charge in [0.2, 0.25) is 17.7 Å². The van der Waals surface area contributed by atoms with Crippen LogP contribution in [0.3, 0.4) is 0 Å². The van der Waals surface area contributed by atoms with Crippen molar-refractivity contribution in [3.8, 4) is 0 Å². The number of nitrogens with two attached hydrogens (primary N) is 2. The second-order valence-electron chi connectivity index (χ2n) is 5.30. The van der Waals surface area contributed by atoms with Gasteiger partial charge in [-0.05, 0) is 11.5 Å².